The van der Waals surface area contributed by atoms with Gasteiger partial charge in [0.1, 0.15) is 0 Å². The molecular formula is C11H12N2O2S. The molecule has 0 aromatic heterocycles. The van der Waals surface area contributed by atoms with Gasteiger partial charge in [0.15, 0.2) is 5.69 Å². The van der Waals surface area contributed by atoms with E-state index in [4.69, 9.17) is 0 Å². The fourth-order valence-corrected chi connectivity index (χ4v) is 1.38. The van der Waals surface area contributed by atoms with E-state index in [-0.39, 0.29) is 16.8 Å². The Morgan fingerprint density at radius 2 is 2.06 bits per heavy atom. The average molecular weight is 236 g/mol. The zero-order valence-electron chi connectivity index (χ0n) is 9.35. The zero-order valence-corrected chi connectivity index (χ0v) is 10.2. The lowest BCUT2D eigenvalue weighted by molar-refractivity contribution is -0.384. The standard InChI is InChI=1S/C11H12N2O2S/c1-11(2,3)8-4-5-9(12-7-16)10(6-8)13(14)15/h4-6H,1-3H3. The Morgan fingerprint density at radius 3 is 2.50 bits per heavy atom. The minimum absolute atomic E-state index is 0.0372. The number of nitro groups is 1. The van der Waals surface area contributed by atoms with Crippen LogP contribution in [0.4, 0.5) is 11.4 Å². The van der Waals surface area contributed by atoms with Gasteiger partial charge in [-0.1, -0.05) is 26.8 Å². The van der Waals surface area contributed by atoms with Crippen LogP contribution in [0.5, 0.6) is 0 Å². The Kier molecular flexibility index (Phi) is 3.52. The summed E-state index contributed by atoms with van der Waals surface area (Å²) < 4.78 is 0. The molecule has 0 bridgehead atoms. The molecule has 0 aliphatic carbocycles. The van der Waals surface area contributed by atoms with Crippen molar-refractivity contribution < 1.29 is 4.92 Å². The predicted octanol–water partition coefficient (Wildman–Crippen LogP) is 3.63. The maximum atomic E-state index is 10.9. The first kappa shape index (κ1) is 12.5. The number of nitro benzene ring substituents is 1. The van der Waals surface area contributed by atoms with Crippen molar-refractivity contribution in [1.82, 2.24) is 0 Å². The van der Waals surface area contributed by atoms with E-state index in [1.165, 1.54) is 6.07 Å². The van der Waals surface area contributed by atoms with Gasteiger partial charge in [-0.05, 0) is 29.3 Å². The number of hydrogen-bond donors (Lipinski definition) is 0. The molecule has 0 radical (unpaired) electrons. The van der Waals surface area contributed by atoms with Gasteiger partial charge in [-0.3, -0.25) is 10.1 Å². The first-order valence-corrected chi connectivity index (χ1v) is 5.14. The van der Waals surface area contributed by atoms with E-state index in [1.54, 1.807) is 6.07 Å². The molecular weight excluding hydrogens is 224 g/mol. The van der Waals surface area contributed by atoms with Crippen LogP contribution in [-0.2, 0) is 5.41 Å². The molecule has 84 valence electrons. The Morgan fingerprint density at radius 1 is 1.44 bits per heavy atom. The van der Waals surface area contributed by atoms with Gasteiger partial charge in [0.2, 0.25) is 0 Å². The summed E-state index contributed by atoms with van der Waals surface area (Å²) in [5.41, 5.74) is 0.963. The smallest absolute Gasteiger partial charge is 0.258 e. The summed E-state index contributed by atoms with van der Waals surface area (Å²) in [6.45, 7) is 5.98. The average Bonchev–Trinajstić information content (AvgIpc) is 2.16. The van der Waals surface area contributed by atoms with E-state index in [1.807, 2.05) is 26.8 Å². The van der Waals surface area contributed by atoms with Crippen molar-refractivity contribution in [2.24, 2.45) is 4.99 Å². The summed E-state index contributed by atoms with van der Waals surface area (Å²) in [7, 11) is 0. The highest BCUT2D eigenvalue weighted by atomic mass is 32.1. The SMILES string of the molecule is CC(C)(C)c1ccc(N=C=S)c([N+](=O)[O-])c1. The fraction of sp³-hybridized carbons (Fsp3) is 0.364. The largest absolute Gasteiger partial charge is 0.295 e. The topological polar surface area (TPSA) is 55.5 Å². The van der Waals surface area contributed by atoms with E-state index in [2.05, 4.69) is 22.4 Å². The van der Waals surface area contributed by atoms with Crippen LogP contribution in [0.1, 0.15) is 26.3 Å². The number of rotatable bonds is 2. The molecule has 0 saturated carbocycles. The number of thiocarbonyl (C=S) groups is 1. The van der Waals surface area contributed by atoms with Crippen molar-refractivity contribution >= 4 is 28.8 Å². The van der Waals surface area contributed by atoms with Gasteiger partial charge in [-0.15, -0.1) is 0 Å². The van der Waals surface area contributed by atoms with Gasteiger partial charge >= 0.3 is 0 Å². The molecule has 0 amide bonds. The molecule has 0 fully saturated rings. The van der Waals surface area contributed by atoms with Gasteiger partial charge < -0.3 is 0 Å². The highest BCUT2D eigenvalue weighted by Gasteiger charge is 2.20. The van der Waals surface area contributed by atoms with E-state index in [0.717, 1.165) is 5.56 Å². The van der Waals surface area contributed by atoms with Gasteiger partial charge in [-0.2, -0.15) is 4.99 Å². The molecule has 0 spiro atoms. The van der Waals surface area contributed by atoms with E-state index >= 15 is 0 Å². The van der Waals surface area contributed by atoms with Crippen molar-refractivity contribution in [3.05, 3.63) is 33.9 Å². The van der Waals surface area contributed by atoms with Crippen LogP contribution in [0.3, 0.4) is 0 Å². The Balaban J connectivity index is 3.39. The molecule has 0 heterocycles. The summed E-state index contributed by atoms with van der Waals surface area (Å²) in [6, 6.07) is 4.95. The van der Waals surface area contributed by atoms with Crippen LogP contribution >= 0.6 is 12.2 Å². The third kappa shape index (κ3) is 2.72. The Labute approximate surface area is 99.2 Å². The second-order valence-corrected chi connectivity index (χ2v) is 4.60. The molecule has 0 aliphatic heterocycles. The van der Waals surface area contributed by atoms with Crippen LogP contribution in [0.25, 0.3) is 0 Å². The van der Waals surface area contributed by atoms with Gasteiger partial charge in [0.25, 0.3) is 5.69 Å². The fourth-order valence-electron chi connectivity index (χ4n) is 1.28. The van der Waals surface area contributed by atoms with Crippen molar-refractivity contribution in [2.75, 3.05) is 0 Å². The van der Waals surface area contributed by atoms with Crippen molar-refractivity contribution in [2.45, 2.75) is 26.2 Å². The van der Waals surface area contributed by atoms with E-state index in [9.17, 15) is 10.1 Å². The van der Waals surface area contributed by atoms with Gasteiger partial charge in [0.05, 0.1) is 10.1 Å². The molecule has 5 heteroatoms. The molecule has 1 aromatic rings. The van der Waals surface area contributed by atoms with Crippen molar-refractivity contribution in [3.63, 3.8) is 0 Å². The zero-order chi connectivity index (χ0) is 12.3. The molecule has 0 atom stereocenters. The molecule has 1 rings (SSSR count). The highest BCUT2D eigenvalue weighted by molar-refractivity contribution is 7.78. The Hall–Kier alpha value is -1.58. The number of isothiocyanates is 1. The summed E-state index contributed by atoms with van der Waals surface area (Å²) in [5, 5.41) is 13.0. The molecule has 4 nitrogen and oxygen atoms in total. The molecule has 0 aliphatic rings. The summed E-state index contributed by atoms with van der Waals surface area (Å²) in [5.74, 6) is 0. The molecule has 0 unspecified atom stereocenters. The third-order valence-corrected chi connectivity index (χ3v) is 2.30. The monoisotopic (exact) mass is 236 g/mol. The minimum atomic E-state index is -0.458. The molecule has 0 N–H and O–H groups in total. The predicted molar refractivity (Wildman–Crippen MR) is 66.5 cm³/mol. The van der Waals surface area contributed by atoms with Crippen LogP contribution in [-0.4, -0.2) is 10.1 Å². The number of benzene rings is 1. The Bertz CT molecular complexity index is 471. The normalized spacial score (nSPS) is 10.7. The van der Waals surface area contributed by atoms with Gasteiger partial charge in [0, 0.05) is 6.07 Å². The molecule has 16 heavy (non-hydrogen) atoms. The first-order valence-electron chi connectivity index (χ1n) is 4.73. The second kappa shape index (κ2) is 4.51. The maximum absolute atomic E-state index is 10.9. The van der Waals surface area contributed by atoms with Crippen LogP contribution in [0, 0.1) is 10.1 Å². The van der Waals surface area contributed by atoms with Crippen LogP contribution in [0.15, 0.2) is 23.2 Å². The third-order valence-electron chi connectivity index (χ3n) is 2.20. The van der Waals surface area contributed by atoms with Crippen LogP contribution in [0.2, 0.25) is 0 Å². The van der Waals surface area contributed by atoms with Crippen LogP contribution < -0.4 is 0 Å². The molecule has 1 aromatic carbocycles. The first-order chi connectivity index (χ1) is 7.36. The van der Waals surface area contributed by atoms with E-state index < -0.39 is 4.92 Å². The summed E-state index contributed by atoms with van der Waals surface area (Å²) in [4.78, 5) is 14.1. The lowest BCUT2D eigenvalue weighted by Crippen LogP contribution is -2.11. The van der Waals surface area contributed by atoms with E-state index in [0.29, 0.717) is 0 Å². The van der Waals surface area contributed by atoms with Gasteiger partial charge in [-0.25, -0.2) is 0 Å². The van der Waals surface area contributed by atoms with Crippen molar-refractivity contribution in [3.8, 4) is 0 Å². The lowest BCUT2D eigenvalue weighted by Gasteiger charge is -2.18. The second-order valence-electron chi connectivity index (χ2n) is 4.41. The maximum Gasteiger partial charge on any atom is 0.295 e. The quantitative estimate of drug-likeness (QED) is 0.341. The summed E-state index contributed by atoms with van der Waals surface area (Å²) in [6.07, 6.45) is 0. The molecule has 0 saturated heterocycles. The minimum Gasteiger partial charge on any atom is -0.258 e. The highest BCUT2D eigenvalue weighted by Crippen LogP contribution is 2.32. The number of hydrogen-bond acceptors (Lipinski definition) is 4. The number of aliphatic imine (C=N–C) groups is 1. The van der Waals surface area contributed by atoms with Crippen molar-refractivity contribution in [1.29, 1.82) is 0 Å². The summed E-state index contributed by atoms with van der Waals surface area (Å²) >= 11 is 4.45. The lowest BCUT2D eigenvalue weighted by atomic mass is 9.87. The number of nitrogens with zero attached hydrogens (tertiary/aromatic N) is 2.